The van der Waals surface area contributed by atoms with Gasteiger partial charge in [0.2, 0.25) is 0 Å². The van der Waals surface area contributed by atoms with Crippen LogP contribution in [0.4, 0.5) is 0 Å². The molecule has 0 unspecified atom stereocenters. The average molecular weight is 489 g/mol. The van der Waals surface area contributed by atoms with Crippen molar-refractivity contribution < 1.29 is 9.90 Å². The van der Waals surface area contributed by atoms with E-state index in [1.165, 1.54) is 32.5 Å². The Labute approximate surface area is 220 Å². The van der Waals surface area contributed by atoms with Crippen molar-refractivity contribution in [3.05, 3.63) is 133 Å². The number of aliphatic carboxylic acids is 1. The highest BCUT2D eigenvalue weighted by Gasteiger charge is 2.18. The highest BCUT2D eigenvalue weighted by atomic mass is 16.4. The summed E-state index contributed by atoms with van der Waals surface area (Å²) in [7, 11) is 0. The SMILES string of the molecule is O=C(O)Cc1ccc2c(-c3ccc4ccccc4c3)c3ccccc3c(-c3ccc4ccccc4c3)c2c1. The molecule has 2 nitrogen and oxygen atoms in total. The van der Waals surface area contributed by atoms with Gasteiger partial charge in [0.1, 0.15) is 0 Å². The molecule has 7 aromatic rings. The summed E-state index contributed by atoms with van der Waals surface area (Å²) < 4.78 is 0. The van der Waals surface area contributed by atoms with E-state index < -0.39 is 5.97 Å². The summed E-state index contributed by atoms with van der Waals surface area (Å²) >= 11 is 0. The summed E-state index contributed by atoms with van der Waals surface area (Å²) in [5.41, 5.74) is 5.39. The van der Waals surface area contributed by atoms with Gasteiger partial charge in [-0.05, 0) is 89.1 Å². The van der Waals surface area contributed by atoms with Crippen LogP contribution in [-0.4, -0.2) is 11.1 Å². The van der Waals surface area contributed by atoms with Crippen LogP contribution in [0.2, 0.25) is 0 Å². The Morgan fingerprint density at radius 3 is 1.50 bits per heavy atom. The van der Waals surface area contributed by atoms with Crippen LogP contribution in [-0.2, 0) is 11.2 Å². The zero-order valence-corrected chi connectivity index (χ0v) is 20.7. The predicted octanol–water partition coefficient (Wildman–Crippen LogP) is 9.26. The molecule has 2 heteroatoms. The van der Waals surface area contributed by atoms with Crippen LogP contribution in [0.15, 0.2) is 127 Å². The summed E-state index contributed by atoms with van der Waals surface area (Å²) in [5.74, 6) is -0.827. The summed E-state index contributed by atoms with van der Waals surface area (Å²) in [6, 6.07) is 44.8. The van der Waals surface area contributed by atoms with Gasteiger partial charge in [-0.2, -0.15) is 0 Å². The average Bonchev–Trinajstić information content (AvgIpc) is 2.95. The fourth-order valence-electron chi connectivity index (χ4n) is 5.82. The number of hydrogen-bond acceptors (Lipinski definition) is 1. The minimum Gasteiger partial charge on any atom is -0.481 e. The lowest BCUT2D eigenvalue weighted by atomic mass is 9.84. The number of benzene rings is 7. The highest BCUT2D eigenvalue weighted by Crippen LogP contribution is 2.44. The van der Waals surface area contributed by atoms with E-state index in [9.17, 15) is 9.90 Å². The molecule has 0 radical (unpaired) electrons. The molecule has 0 fully saturated rings. The summed E-state index contributed by atoms with van der Waals surface area (Å²) in [4.78, 5) is 11.6. The van der Waals surface area contributed by atoms with Crippen molar-refractivity contribution in [2.75, 3.05) is 0 Å². The van der Waals surface area contributed by atoms with E-state index >= 15 is 0 Å². The second-order valence-corrected chi connectivity index (χ2v) is 9.87. The van der Waals surface area contributed by atoms with Gasteiger partial charge >= 0.3 is 5.97 Å². The second-order valence-electron chi connectivity index (χ2n) is 9.87. The number of carbonyl (C=O) groups is 1. The third kappa shape index (κ3) is 3.70. The third-order valence-corrected chi connectivity index (χ3v) is 7.52. The first-order valence-corrected chi connectivity index (χ1v) is 12.8. The van der Waals surface area contributed by atoms with Crippen LogP contribution in [0.1, 0.15) is 5.56 Å². The van der Waals surface area contributed by atoms with Crippen molar-refractivity contribution in [2.24, 2.45) is 0 Å². The van der Waals surface area contributed by atoms with E-state index in [1.54, 1.807) is 0 Å². The molecule has 1 N–H and O–H groups in total. The molecule has 0 amide bonds. The molecule has 0 aliphatic heterocycles. The minimum absolute atomic E-state index is 0.00870. The molecular weight excluding hydrogens is 464 g/mol. The number of carboxylic acid groups (broad SMARTS) is 1. The lowest BCUT2D eigenvalue weighted by molar-refractivity contribution is -0.136. The van der Waals surface area contributed by atoms with Gasteiger partial charge < -0.3 is 5.11 Å². The molecule has 0 atom stereocenters. The van der Waals surface area contributed by atoms with Crippen LogP contribution >= 0.6 is 0 Å². The molecule has 0 aromatic heterocycles. The van der Waals surface area contributed by atoms with Gasteiger partial charge in [0.05, 0.1) is 6.42 Å². The van der Waals surface area contributed by atoms with Crippen molar-refractivity contribution in [3.8, 4) is 22.3 Å². The third-order valence-electron chi connectivity index (χ3n) is 7.52. The van der Waals surface area contributed by atoms with Gasteiger partial charge in [-0.1, -0.05) is 109 Å². The van der Waals surface area contributed by atoms with Crippen LogP contribution < -0.4 is 0 Å². The smallest absolute Gasteiger partial charge is 0.307 e. The summed E-state index contributed by atoms with van der Waals surface area (Å²) in [6.45, 7) is 0. The topological polar surface area (TPSA) is 37.3 Å². The molecule has 0 heterocycles. The highest BCUT2D eigenvalue weighted by molar-refractivity contribution is 6.22. The van der Waals surface area contributed by atoms with E-state index in [0.29, 0.717) is 0 Å². The first-order valence-electron chi connectivity index (χ1n) is 12.8. The molecule has 0 bridgehead atoms. The molecule has 0 aliphatic carbocycles. The summed E-state index contributed by atoms with van der Waals surface area (Å²) in [5, 5.41) is 18.9. The number of rotatable bonds is 4. The monoisotopic (exact) mass is 488 g/mol. The van der Waals surface area contributed by atoms with Crippen molar-refractivity contribution in [1.82, 2.24) is 0 Å². The Balaban J connectivity index is 1.61. The molecule has 7 rings (SSSR count). The molecule has 0 saturated heterocycles. The largest absolute Gasteiger partial charge is 0.481 e. The van der Waals surface area contributed by atoms with Gasteiger partial charge in [-0.25, -0.2) is 0 Å². The molecular formula is C36H24O2. The van der Waals surface area contributed by atoms with E-state index in [0.717, 1.165) is 38.4 Å². The van der Waals surface area contributed by atoms with Gasteiger partial charge in [-0.3, -0.25) is 4.79 Å². The first kappa shape index (κ1) is 22.3. The Morgan fingerprint density at radius 2 is 0.947 bits per heavy atom. The Bertz CT molecular complexity index is 2030. The van der Waals surface area contributed by atoms with Gasteiger partial charge in [0.25, 0.3) is 0 Å². The second kappa shape index (κ2) is 8.86. The molecule has 0 saturated carbocycles. The van der Waals surface area contributed by atoms with Crippen LogP contribution in [0, 0.1) is 0 Å². The van der Waals surface area contributed by atoms with E-state index in [1.807, 2.05) is 6.07 Å². The molecule has 0 aliphatic rings. The standard InChI is InChI=1S/C36H24O2/c37-34(38)20-23-13-18-32-33(19-23)36(29-17-15-25-8-2-4-10-27(25)22-29)31-12-6-5-11-30(31)35(32)28-16-14-24-7-1-3-9-26(24)21-28/h1-19,21-22H,20H2,(H,37,38). The van der Waals surface area contributed by atoms with Crippen LogP contribution in [0.5, 0.6) is 0 Å². The maximum absolute atomic E-state index is 11.6. The maximum atomic E-state index is 11.6. The number of fused-ring (bicyclic) bond motifs is 4. The lowest BCUT2D eigenvalue weighted by Gasteiger charge is -2.19. The van der Waals surface area contributed by atoms with Crippen molar-refractivity contribution in [1.29, 1.82) is 0 Å². The molecule has 7 aromatic carbocycles. The van der Waals surface area contributed by atoms with Gasteiger partial charge in [0, 0.05) is 0 Å². The van der Waals surface area contributed by atoms with Gasteiger partial charge in [0.15, 0.2) is 0 Å². The Kier molecular flexibility index (Phi) is 5.19. The van der Waals surface area contributed by atoms with Crippen molar-refractivity contribution >= 4 is 49.1 Å². The van der Waals surface area contributed by atoms with E-state index in [2.05, 4.69) is 121 Å². The zero-order chi connectivity index (χ0) is 25.6. The maximum Gasteiger partial charge on any atom is 0.307 e. The Morgan fingerprint density at radius 1 is 0.474 bits per heavy atom. The minimum atomic E-state index is -0.827. The van der Waals surface area contributed by atoms with Gasteiger partial charge in [-0.15, -0.1) is 0 Å². The summed E-state index contributed by atoms with van der Waals surface area (Å²) in [6.07, 6.45) is -0.00870. The van der Waals surface area contributed by atoms with Crippen molar-refractivity contribution in [2.45, 2.75) is 6.42 Å². The van der Waals surface area contributed by atoms with Crippen molar-refractivity contribution in [3.63, 3.8) is 0 Å². The fraction of sp³-hybridized carbons (Fsp3) is 0.0278. The fourth-order valence-corrected chi connectivity index (χ4v) is 5.82. The van der Waals surface area contributed by atoms with Crippen LogP contribution in [0.3, 0.4) is 0 Å². The predicted molar refractivity (Wildman–Crippen MR) is 159 cm³/mol. The first-order chi connectivity index (χ1) is 18.7. The van der Waals surface area contributed by atoms with E-state index in [4.69, 9.17) is 0 Å². The molecule has 180 valence electrons. The zero-order valence-electron chi connectivity index (χ0n) is 20.7. The Hall–Kier alpha value is -4.95. The lowest BCUT2D eigenvalue weighted by Crippen LogP contribution is -2.00. The molecule has 0 spiro atoms. The van der Waals surface area contributed by atoms with E-state index in [-0.39, 0.29) is 6.42 Å². The number of hydrogen-bond donors (Lipinski definition) is 1. The molecule has 38 heavy (non-hydrogen) atoms. The quantitative estimate of drug-likeness (QED) is 0.251. The van der Waals surface area contributed by atoms with Crippen LogP contribution in [0.25, 0.3) is 65.3 Å². The number of carboxylic acids is 1. The normalized spacial score (nSPS) is 11.5.